The second-order valence-electron chi connectivity index (χ2n) is 8.66. The van der Waals surface area contributed by atoms with Crippen LogP contribution in [0.5, 0.6) is 0 Å². The second kappa shape index (κ2) is 7.48. The average molecular weight is 413 g/mol. The van der Waals surface area contributed by atoms with Crippen molar-refractivity contribution in [1.82, 2.24) is 5.32 Å². The van der Waals surface area contributed by atoms with Gasteiger partial charge in [-0.2, -0.15) is 0 Å². The smallest absolute Gasteiger partial charge is 0.262 e. The van der Waals surface area contributed by atoms with Crippen LogP contribution in [-0.2, 0) is 10.0 Å². The SMILES string of the molecule is Cc1ccc(C)c(NS(=O)(=O)c2cc(C(=O)N[C@H]3C[C@H]4CC[C@@H]3C4)ccc2C)c1. The Labute approximate surface area is 173 Å². The van der Waals surface area contributed by atoms with E-state index in [0.29, 0.717) is 22.7 Å². The molecule has 2 saturated carbocycles. The number of fused-ring (bicyclic) bond motifs is 2. The lowest BCUT2D eigenvalue weighted by Gasteiger charge is -2.23. The van der Waals surface area contributed by atoms with E-state index in [4.69, 9.17) is 0 Å². The molecule has 0 saturated heterocycles. The largest absolute Gasteiger partial charge is 0.349 e. The number of rotatable bonds is 5. The molecule has 4 rings (SSSR count). The molecule has 2 N–H and O–H groups in total. The number of hydrogen-bond donors (Lipinski definition) is 2. The lowest BCUT2D eigenvalue weighted by molar-refractivity contribution is 0.0922. The van der Waals surface area contributed by atoms with Gasteiger partial charge in [-0.1, -0.05) is 24.6 Å². The fraction of sp³-hybridized carbons (Fsp3) is 0.435. The van der Waals surface area contributed by atoms with Crippen molar-refractivity contribution in [2.45, 2.75) is 57.4 Å². The fourth-order valence-electron chi connectivity index (χ4n) is 4.75. The van der Waals surface area contributed by atoms with Crippen molar-refractivity contribution >= 4 is 21.6 Å². The molecule has 5 nitrogen and oxygen atoms in total. The van der Waals surface area contributed by atoms with Gasteiger partial charge in [0.2, 0.25) is 0 Å². The number of benzene rings is 2. The summed E-state index contributed by atoms with van der Waals surface area (Å²) in [5, 5.41) is 3.14. The molecular weight excluding hydrogens is 384 g/mol. The van der Waals surface area contributed by atoms with Crippen molar-refractivity contribution in [3.8, 4) is 0 Å². The molecule has 3 atom stereocenters. The van der Waals surface area contributed by atoms with Gasteiger partial charge >= 0.3 is 0 Å². The summed E-state index contributed by atoms with van der Waals surface area (Å²) < 4.78 is 28.8. The molecule has 2 fully saturated rings. The molecule has 0 aromatic heterocycles. The van der Waals surface area contributed by atoms with Crippen LogP contribution in [0.2, 0.25) is 0 Å². The first kappa shape index (κ1) is 20.0. The predicted molar refractivity (Wildman–Crippen MR) is 115 cm³/mol. The average Bonchev–Trinajstić information content (AvgIpc) is 3.27. The molecule has 29 heavy (non-hydrogen) atoms. The summed E-state index contributed by atoms with van der Waals surface area (Å²) in [5.74, 6) is 1.12. The van der Waals surface area contributed by atoms with Crippen LogP contribution >= 0.6 is 0 Å². The lowest BCUT2D eigenvalue weighted by Crippen LogP contribution is -2.38. The maximum Gasteiger partial charge on any atom is 0.262 e. The van der Waals surface area contributed by atoms with E-state index in [2.05, 4.69) is 10.0 Å². The summed E-state index contributed by atoms with van der Waals surface area (Å²) in [6, 6.07) is 10.8. The number of hydrogen-bond acceptors (Lipinski definition) is 3. The van der Waals surface area contributed by atoms with E-state index in [1.807, 2.05) is 32.0 Å². The van der Waals surface area contributed by atoms with Crippen molar-refractivity contribution in [2.75, 3.05) is 4.72 Å². The number of amides is 1. The molecule has 2 aliphatic rings. The number of anilines is 1. The standard InChI is InChI=1S/C23H28N2O3S/c1-14-4-5-15(2)20(10-14)25-29(27,28)22-13-19(8-6-16(22)3)23(26)24-21-12-17-7-9-18(21)11-17/h4-6,8,10,13,17-18,21,25H,7,9,11-12H2,1-3H3,(H,24,26)/t17-,18+,21-/m0/s1. The maximum atomic E-state index is 13.1. The Morgan fingerprint density at radius 2 is 1.72 bits per heavy atom. The summed E-state index contributed by atoms with van der Waals surface area (Å²) >= 11 is 0. The molecule has 2 aromatic carbocycles. The van der Waals surface area contributed by atoms with Gasteiger partial charge in [0.05, 0.1) is 10.6 Å². The van der Waals surface area contributed by atoms with E-state index >= 15 is 0 Å². The number of carbonyl (C=O) groups excluding carboxylic acids is 1. The summed E-state index contributed by atoms with van der Waals surface area (Å²) in [4.78, 5) is 12.9. The summed E-state index contributed by atoms with van der Waals surface area (Å²) in [6.07, 6.45) is 4.71. The molecule has 2 bridgehead atoms. The Morgan fingerprint density at radius 1 is 0.966 bits per heavy atom. The lowest BCUT2D eigenvalue weighted by atomic mass is 9.95. The van der Waals surface area contributed by atoms with Gasteiger partial charge in [0.15, 0.2) is 0 Å². The van der Waals surface area contributed by atoms with E-state index < -0.39 is 10.0 Å². The third-order valence-corrected chi connectivity index (χ3v) is 7.94. The predicted octanol–water partition coefficient (Wildman–Crippen LogP) is 4.33. The molecule has 0 heterocycles. The van der Waals surface area contributed by atoms with Gasteiger partial charge in [-0.3, -0.25) is 9.52 Å². The van der Waals surface area contributed by atoms with Gasteiger partial charge in [-0.15, -0.1) is 0 Å². The minimum atomic E-state index is -3.80. The van der Waals surface area contributed by atoms with E-state index in [1.165, 1.54) is 25.3 Å². The molecule has 0 unspecified atom stereocenters. The fourth-order valence-corrected chi connectivity index (χ4v) is 6.14. The molecule has 1 amide bonds. The third-order valence-electron chi connectivity index (χ3n) is 6.43. The van der Waals surface area contributed by atoms with Gasteiger partial charge in [0.1, 0.15) is 0 Å². The molecule has 0 radical (unpaired) electrons. The molecule has 0 spiro atoms. The normalized spacial score (nSPS) is 23.2. The molecule has 154 valence electrons. The molecule has 2 aliphatic carbocycles. The van der Waals surface area contributed by atoms with Crippen LogP contribution in [0, 0.1) is 32.6 Å². The number of carbonyl (C=O) groups is 1. The molecule has 2 aromatic rings. The van der Waals surface area contributed by atoms with Crippen molar-refractivity contribution in [3.63, 3.8) is 0 Å². The summed E-state index contributed by atoms with van der Waals surface area (Å²) in [6.45, 7) is 5.53. The minimum absolute atomic E-state index is 0.138. The first-order valence-electron chi connectivity index (χ1n) is 10.2. The van der Waals surface area contributed by atoms with Crippen LogP contribution in [0.25, 0.3) is 0 Å². The highest BCUT2D eigenvalue weighted by Gasteiger charge is 2.40. The minimum Gasteiger partial charge on any atom is -0.349 e. The molecule has 0 aliphatic heterocycles. The van der Waals surface area contributed by atoms with E-state index in [-0.39, 0.29) is 16.8 Å². The van der Waals surface area contributed by atoms with E-state index in [1.54, 1.807) is 19.1 Å². The monoisotopic (exact) mass is 412 g/mol. The van der Waals surface area contributed by atoms with Gasteiger partial charge in [-0.05, 0) is 86.8 Å². The number of nitrogens with one attached hydrogen (secondary N) is 2. The highest BCUT2D eigenvalue weighted by atomic mass is 32.2. The van der Waals surface area contributed by atoms with E-state index in [9.17, 15) is 13.2 Å². The zero-order valence-electron chi connectivity index (χ0n) is 17.2. The molecule has 6 heteroatoms. The summed E-state index contributed by atoms with van der Waals surface area (Å²) in [7, 11) is -3.80. The van der Waals surface area contributed by atoms with Gasteiger partial charge in [0, 0.05) is 11.6 Å². The Hall–Kier alpha value is -2.34. The first-order valence-corrected chi connectivity index (χ1v) is 11.7. The quantitative estimate of drug-likeness (QED) is 0.767. The van der Waals surface area contributed by atoms with Gasteiger partial charge in [0.25, 0.3) is 15.9 Å². The van der Waals surface area contributed by atoms with Crippen LogP contribution < -0.4 is 10.0 Å². The van der Waals surface area contributed by atoms with Crippen molar-refractivity contribution < 1.29 is 13.2 Å². The van der Waals surface area contributed by atoms with Crippen LogP contribution in [-0.4, -0.2) is 20.4 Å². The van der Waals surface area contributed by atoms with Crippen LogP contribution in [0.15, 0.2) is 41.3 Å². The van der Waals surface area contributed by atoms with Crippen LogP contribution in [0.1, 0.15) is 52.7 Å². The third kappa shape index (κ3) is 4.04. The Balaban J connectivity index is 1.57. The van der Waals surface area contributed by atoms with Crippen molar-refractivity contribution in [1.29, 1.82) is 0 Å². The second-order valence-corrected chi connectivity index (χ2v) is 10.3. The number of aryl methyl sites for hydroxylation is 3. The number of sulfonamides is 1. The Morgan fingerprint density at radius 3 is 2.41 bits per heavy atom. The van der Waals surface area contributed by atoms with Crippen molar-refractivity contribution in [3.05, 3.63) is 58.7 Å². The van der Waals surface area contributed by atoms with Gasteiger partial charge < -0.3 is 5.32 Å². The Kier molecular flexibility index (Phi) is 5.15. The zero-order valence-corrected chi connectivity index (χ0v) is 18.0. The van der Waals surface area contributed by atoms with E-state index in [0.717, 1.165) is 23.5 Å². The summed E-state index contributed by atoms with van der Waals surface area (Å²) in [5.41, 5.74) is 3.38. The molecular formula is C23H28N2O3S. The highest BCUT2D eigenvalue weighted by Crippen LogP contribution is 2.44. The zero-order chi connectivity index (χ0) is 20.8. The van der Waals surface area contributed by atoms with Gasteiger partial charge in [-0.25, -0.2) is 8.42 Å². The maximum absolute atomic E-state index is 13.1. The van der Waals surface area contributed by atoms with Crippen LogP contribution in [0.3, 0.4) is 0 Å². The van der Waals surface area contributed by atoms with Crippen molar-refractivity contribution in [2.24, 2.45) is 11.8 Å². The Bertz CT molecular complexity index is 1060. The topological polar surface area (TPSA) is 75.3 Å². The first-order chi connectivity index (χ1) is 13.7. The highest BCUT2D eigenvalue weighted by molar-refractivity contribution is 7.92. The van der Waals surface area contributed by atoms with Crippen LogP contribution in [0.4, 0.5) is 5.69 Å².